The van der Waals surface area contributed by atoms with Crippen molar-refractivity contribution in [3.63, 3.8) is 0 Å². The Morgan fingerprint density at radius 1 is 1.26 bits per heavy atom. The van der Waals surface area contributed by atoms with Crippen molar-refractivity contribution in [3.05, 3.63) is 28.6 Å². The molecule has 124 valence electrons. The van der Waals surface area contributed by atoms with Crippen molar-refractivity contribution in [2.24, 2.45) is 0 Å². The fourth-order valence-electron chi connectivity index (χ4n) is 1.94. The lowest BCUT2D eigenvalue weighted by Crippen LogP contribution is -2.08. The molecule has 7 nitrogen and oxygen atoms in total. The summed E-state index contributed by atoms with van der Waals surface area (Å²) in [5, 5.41) is 19.1. The van der Waals surface area contributed by atoms with E-state index in [9.17, 15) is 14.7 Å². The number of aromatic hydroxyl groups is 1. The number of hydrogen-bond acceptors (Lipinski definition) is 6. The molecule has 2 aromatic rings. The first-order valence-corrected chi connectivity index (χ1v) is 7.30. The van der Waals surface area contributed by atoms with Gasteiger partial charge in [-0.25, -0.2) is 4.79 Å². The number of rotatable bonds is 8. The van der Waals surface area contributed by atoms with Crippen molar-refractivity contribution in [1.29, 1.82) is 0 Å². The van der Waals surface area contributed by atoms with Crippen LogP contribution in [0.3, 0.4) is 0 Å². The van der Waals surface area contributed by atoms with E-state index in [0.717, 1.165) is 12.8 Å². The molecule has 0 unspecified atom stereocenters. The number of aliphatic carboxylic acids is 1. The Labute approximate surface area is 132 Å². The van der Waals surface area contributed by atoms with E-state index in [1.165, 1.54) is 12.1 Å². The Morgan fingerprint density at radius 3 is 2.74 bits per heavy atom. The Balaban J connectivity index is 2.25. The summed E-state index contributed by atoms with van der Waals surface area (Å²) in [6, 6.07) is 4.50. The standard InChI is InChI=1S/C16H18O7/c1-2-3-7-22-15-14(19)11-5-4-10(21-8-6-13(17)18)9-12(11)23-16(15)20/h4-5,9,19H,2-3,6-8H2,1H3,(H,17,18). The van der Waals surface area contributed by atoms with Crippen LogP contribution in [0.25, 0.3) is 11.0 Å². The quantitative estimate of drug-likeness (QED) is 0.568. The maximum atomic E-state index is 11.9. The zero-order valence-electron chi connectivity index (χ0n) is 12.7. The number of benzene rings is 1. The van der Waals surface area contributed by atoms with Crippen LogP contribution in [0.5, 0.6) is 17.2 Å². The highest BCUT2D eigenvalue weighted by molar-refractivity contribution is 5.86. The molecule has 1 aromatic heterocycles. The number of unbranched alkanes of at least 4 members (excludes halogenated alkanes) is 1. The maximum Gasteiger partial charge on any atom is 0.383 e. The summed E-state index contributed by atoms with van der Waals surface area (Å²) in [4.78, 5) is 22.3. The summed E-state index contributed by atoms with van der Waals surface area (Å²) in [6.45, 7) is 2.30. The smallest absolute Gasteiger partial charge is 0.383 e. The highest BCUT2D eigenvalue weighted by Gasteiger charge is 2.16. The van der Waals surface area contributed by atoms with Gasteiger partial charge in [0.1, 0.15) is 11.3 Å². The second-order valence-corrected chi connectivity index (χ2v) is 4.92. The Hall–Kier alpha value is -2.70. The lowest BCUT2D eigenvalue weighted by molar-refractivity contribution is -0.137. The fraction of sp³-hybridized carbons (Fsp3) is 0.375. The van der Waals surface area contributed by atoms with E-state index in [-0.39, 0.29) is 30.1 Å². The van der Waals surface area contributed by atoms with Crippen LogP contribution in [0.4, 0.5) is 0 Å². The summed E-state index contributed by atoms with van der Waals surface area (Å²) in [6.07, 6.45) is 1.52. The van der Waals surface area contributed by atoms with E-state index in [0.29, 0.717) is 17.7 Å². The van der Waals surface area contributed by atoms with E-state index in [4.69, 9.17) is 19.0 Å². The summed E-state index contributed by atoms with van der Waals surface area (Å²) < 4.78 is 15.7. The highest BCUT2D eigenvalue weighted by atomic mass is 16.5. The molecule has 0 saturated heterocycles. The molecule has 0 atom stereocenters. The summed E-state index contributed by atoms with van der Waals surface area (Å²) in [7, 11) is 0. The van der Waals surface area contributed by atoms with Gasteiger partial charge in [-0.2, -0.15) is 0 Å². The maximum absolute atomic E-state index is 11.9. The number of hydrogen-bond donors (Lipinski definition) is 2. The Kier molecular flexibility index (Phi) is 5.46. The third-order valence-corrected chi connectivity index (χ3v) is 3.14. The molecule has 1 aromatic carbocycles. The average molecular weight is 322 g/mol. The molecule has 0 radical (unpaired) electrons. The van der Waals surface area contributed by atoms with Gasteiger partial charge in [0.2, 0.25) is 5.75 Å². The molecule has 2 N–H and O–H groups in total. The number of ether oxygens (including phenoxy) is 2. The monoisotopic (exact) mass is 322 g/mol. The first kappa shape index (κ1) is 16.7. The van der Waals surface area contributed by atoms with Crippen molar-refractivity contribution >= 4 is 16.9 Å². The minimum atomic E-state index is -0.969. The molecule has 0 amide bonds. The van der Waals surface area contributed by atoms with E-state index >= 15 is 0 Å². The third-order valence-electron chi connectivity index (χ3n) is 3.14. The van der Waals surface area contributed by atoms with Crippen LogP contribution in [0.2, 0.25) is 0 Å². The molecule has 0 spiro atoms. The van der Waals surface area contributed by atoms with Gasteiger partial charge in [-0.1, -0.05) is 13.3 Å². The second-order valence-electron chi connectivity index (χ2n) is 4.92. The summed E-state index contributed by atoms with van der Waals surface area (Å²) in [5.74, 6) is -1.10. The molecule has 1 heterocycles. The zero-order valence-corrected chi connectivity index (χ0v) is 12.7. The molecule has 0 saturated carbocycles. The van der Waals surface area contributed by atoms with Crippen molar-refractivity contribution in [3.8, 4) is 17.2 Å². The summed E-state index contributed by atoms with van der Waals surface area (Å²) in [5.41, 5.74) is -0.628. The van der Waals surface area contributed by atoms with Gasteiger partial charge in [0.25, 0.3) is 0 Å². The van der Waals surface area contributed by atoms with Gasteiger partial charge >= 0.3 is 11.6 Å². The van der Waals surface area contributed by atoms with Crippen LogP contribution in [-0.4, -0.2) is 29.4 Å². The molecule has 0 aliphatic rings. The van der Waals surface area contributed by atoms with Crippen molar-refractivity contribution in [1.82, 2.24) is 0 Å². The van der Waals surface area contributed by atoms with E-state index in [1.807, 2.05) is 6.92 Å². The van der Waals surface area contributed by atoms with Crippen LogP contribution in [-0.2, 0) is 4.79 Å². The molecular formula is C16H18O7. The lowest BCUT2D eigenvalue weighted by atomic mass is 10.2. The van der Waals surface area contributed by atoms with Crippen molar-refractivity contribution < 1.29 is 28.9 Å². The van der Waals surface area contributed by atoms with Crippen LogP contribution in [0.1, 0.15) is 26.2 Å². The van der Waals surface area contributed by atoms with Gasteiger partial charge in [0.15, 0.2) is 5.75 Å². The predicted molar refractivity (Wildman–Crippen MR) is 82.3 cm³/mol. The van der Waals surface area contributed by atoms with Crippen molar-refractivity contribution in [2.45, 2.75) is 26.2 Å². The second kappa shape index (κ2) is 7.53. The van der Waals surface area contributed by atoms with Crippen LogP contribution < -0.4 is 15.1 Å². The lowest BCUT2D eigenvalue weighted by Gasteiger charge is -2.09. The third kappa shape index (κ3) is 4.15. The number of carbonyl (C=O) groups is 1. The molecule has 7 heteroatoms. The topological polar surface area (TPSA) is 106 Å². The molecule has 23 heavy (non-hydrogen) atoms. The first-order chi connectivity index (χ1) is 11.0. The largest absolute Gasteiger partial charge is 0.504 e. The van der Waals surface area contributed by atoms with Gasteiger partial charge in [-0.3, -0.25) is 4.79 Å². The van der Waals surface area contributed by atoms with Crippen LogP contribution in [0, 0.1) is 0 Å². The minimum absolute atomic E-state index is 0.00470. The number of carboxylic acid groups (broad SMARTS) is 1. The van der Waals surface area contributed by atoms with Gasteiger partial charge in [0, 0.05) is 6.07 Å². The SMILES string of the molecule is CCCCOc1c(O)c2ccc(OCCC(=O)O)cc2oc1=O. The van der Waals surface area contributed by atoms with E-state index in [2.05, 4.69) is 0 Å². The molecular weight excluding hydrogens is 304 g/mol. The molecule has 2 rings (SSSR count). The van der Waals surface area contributed by atoms with Crippen LogP contribution >= 0.6 is 0 Å². The Bertz CT molecular complexity index is 748. The zero-order chi connectivity index (χ0) is 16.8. The highest BCUT2D eigenvalue weighted by Crippen LogP contribution is 2.33. The number of carboxylic acids is 1. The van der Waals surface area contributed by atoms with Crippen molar-refractivity contribution in [2.75, 3.05) is 13.2 Å². The van der Waals surface area contributed by atoms with Crippen LogP contribution in [0.15, 0.2) is 27.4 Å². The van der Waals surface area contributed by atoms with E-state index in [1.54, 1.807) is 6.07 Å². The summed E-state index contributed by atoms with van der Waals surface area (Å²) >= 11 is 0. The fourth-order valence-corrected chi connectivity index (χ4v) is 1.94. The molecule has 0 aliphatic heterocycles. The first-order valence-electron chi connectivity index (χ1n) is 7.30. The molecule has 0 bridgehead atoms. The number of fused-ring (bicyclic) bond motifs is 1. The normalized spacial score (nSPS) is 10.7. The Morgan fingerprint density at radius 2 is 2.04 bits per heavy atom. The molecule has 0 aliphatic carbocycles. The molecule has 0 fully saturated rings. The average Bonchev–Trinajstić information content (AvgIpc) is 2.50. The van der Waals surface area contributed by atoms with Gasteiger partial charge < -0.3 is 24.1 Å². The van der Waals surface area contributed by atoms with Gasteiger partial charge in [-0.15, -0.1) is 0 Å². The minimum Gasteiger partial charge on any atom is -0.504 e. The van der Waals surface area contributed by atoms with E-state index < -0.39 is 11.6 Å². The predicted octanol–water partition coefficient (Wildman–Crippen LogP) is 2.53. The van der Waals surface area contributed by atoms with Gasteiger partial charge in [-0.05, 0) is 18.6 Å². The van der Waals surface area contributed by atoms with Gasteiger partial charge in [0.05, 0.1) is 25.0 Å².